The first kappa shape index (κ1) is 19.6. The number of hydrogen-bond donors (Lipinski definition) is 2. The van der Waals surface area contributed by atoms with Crippen LogP contribution in [-0.2, 0) is 6.54 Å². The standard InChI is InChI=1S/C19H11F3N4O3S/c20-10-5-11(21)16(12(22)6-10)17(27)9-4-13(23-7-9)18(28)24-8-15-25-26-19(30-15)14-2-1-3-29-14/h1-7,23H,8H2,(H,24,28). The second-order valence-electron chi connectivity index (χ2n) is 6.04. The number of furan rings is 1. The first-order valence-electron chi connectivity index (χ1n) is 8.44. The minimum atomic E-state index is -1.33. The number of nitrogens with zero attached hydrogens (tertiary/aromatic N) is 2. The van der Waals surface area contributed by atoms with E-state index in [1.54, 1.807) is 12.1 Å². The van der Waals surface area contributed by atoms with Crippen LogP contribution in [0.4, 0.5) is 13.2 Å². The molecule has 152 valence electrons. The van der Waals surface area contributed by atoms with Gasteiger partial charge in [0, 0.05) is 23.9 Å². The summed E-state index contributed by atoms with van der Waals surface area (Å²) >= 11 is 1.23. The normalized spacial score (nSPS) is 10.9. The molecule has 3 aromatic heterocycles. The molecule has 7 nitrogen and oxygen atoms in total. The van der Waals surface area contributed by atoms with Gasteiger partial charge in [-0.15, -0.1) is 10.2 Å². The van der Waals surface area contributed by atoms with Crippen molar-refractivity contribution < 1.29 is 27.2 Å². The average molecular weight is 432 g/mol. The summed E-state index contributed by atoms with van der Waals surface area (Å²) in [7, 11) is 0. The number of hydrogen-bond acceptors (Lipinski definition) is 6. The Kier molecular flexibility index (Phi) is 5.19. The first-order valence-corrected chi connectivity index (χ1v) is 9.26. The van der Waals surface area contributed by atoms with E-state index in [9.17, 15) is 22.8 Å². The summed E-state index contributed by atoms with van der Waals surface area (Å²) in [4.78, 5) is 27.2. The number of rotatable bonds is 6. The van der Waals surface area contributed by atoms with Crippen LogP contribution in [-0.4, -0.2) is 26.9 Å². The highest BCUT2D eigenvalue weighted by Crippen LogP contribution is 2.23. The first-order chi connectivity index (χ1) is 14.4. The molecule has 11 heteroatoms. The highest BCUT2D eigenvalue weighted by molar-refractivity contribution is 7.14. The molecule has 2 N–H and O–H groups in total. The van der Waals surface area contributed by atoms with E-state index in [0.717, 1.165) is 12.3 Å². The van der Waals surface area contributed by atoms with Gasteiger partial charge < -0.3 is 14.7 Å². The highest BCUT2D eigenvalue weighted by atomic mass is 32.1. The topological polar surface area (TPSA) is 101 Å². The zero-order chi connectivity index (χ0) is 21.3. The van der Waals surface area contributed by atoms with Crippen LogP contribution in [0.25, 0.3) is 10.8 Å². The predicted octanol–water partition coefficient (Wildman–Crippen LogP) is 3.70. The maximum absolute atomic E-state index is 13.8. The van der Waals surface area contributed by atoms with Gasteiger partial charge in [-0.1, -0.05) is 11.3 Å². The van der Waals surface area contributed by atoms with Gasteiger partial charge >= 0.3 is 0 Å². The zero-order valence-corrected chi connectivity index (χ0v) is 15.7. The molecule has 1 aromatic carbocycles. The SMILES string of the molecule is O=C(NCc1nnc(-c2ccco2)s1)c1cc(C(=O)c2c(F)cc(F)cc2F)c[nH]1. The van der Waals surface area contributed by atoms with E-state index in [2.05, 4.69) is 20.5 Å². The van der Waals surface area contributed by atoms with Gasteiger partial charge in [-0.25, -0.2) is 13.2 Å². The van der Waals surface area contributed by atoms with Crippen LogP contribution in [0, 0.1) is 17.5 Å². The van der Waals surface area contributed by atoms with E-state index in [1.807, 2.05) is 0 Å². The molecular weight excluding hydrogens is 421 g/mol. The van der Waals surface area contributed by atoms with Crippen LogP contribution in [0.5, 0.6) is 0 Å². The van der Waals surface area contributed by atoms with E-state index < -0.39 is 34.7 Å². The monoisotopic (exact) mass is 432 g/mol. The molecule has 4 aromatic rings. The molecule has 0 aliphatic heterocycles. The lowest BCUT2D eigenvalue weighted by Crippen LogP contribution is -2.23. The smallest absolute Gasteiger partial charge is 0.268 e. The van der Waals surface area contributed by atoms with Crippen LogP contribution in [0.1, 0.15) is 31.4 Å². The number of aromatic nitrogens is 3. The summed E-state index contributed by atoms with van der Waals surface area (Å²) in [6, 6.07) is 5.42. The molecule has 0 radical (unpaired) electrons. The molecule has 4 rings (SSSR count). The second-order valence-corrected chi connectivity index (χ2v) is 7.10. The molecule has 0 aliphatic carbocycles. The van der Waals surface area contributed by atoms with Crippen molar-refractivity contribution in [2.45, 2.75) is 6.54 Å². The average Bonchev–Trinajstić information content (AvgIpc) is 3.46. The van der Waals surface area contributed by atoms with E-state index >= 15 is 0 Å². The Balaban J connectivity index is 1.44. The van der Waals surface area contributed by atoms with E-state index in [4.69, 9.17) is 4.42 Å². The Morgan fingerprint density at radius 2 is 1.90 bits per heavy atom. The van der Waals surface area contributed by atoms with Crippen molar-refractivity contribution in [2.75, 3.05) is 0 Å². The molecule has 0 saturated heterocycles. The lowest BCUT2D eigenvalue weighted by Gasteiger charge is -2.03. The molecule has 0 fully saturated rings. The number of aromatic amines is 1. The van der Waals surface area contributed by atoms with Gasteiger partial charge in [0.1, 0.15) is 28.2 Å². The third-order valence-electron chi connectivity index (χ3n) is 4.02. The summed E-state index contributed by atoms with van der Waals surface area (Å²) in [5, 5.41) is 11.6. The van der Waals surface area contributed by atoms with Crippen molar-refractivity contribution in [1.29, 1.82) is 0 Å². The minimum Gasteiger partial charge on any atom is -0.462 e. The number of benzene rings is 1. The van der Waals surface area contributed by atoms with Crippen molar-refractivity contribution in [1.82, 2.24) is 20.5 Å². The lowest BCUT2D eigenvalue weighted by molar-refractivity contribution is 0.0946. The Labute approximate surface area is 170 Å². The van der Waals surface area contributed by atoms with Crippen molar-refractivity contribution in [3.63, 3.8) is 0 Å². The van der Waals surface area contributed by atoms with Gasteiger partial charge in [0.2, 0.25) is 0 Å². The minimum absolute atomic E-state index is 0.00273. The van der Waals surface area contributed by atoms with Crippen molar-refractivity contribution in [3.8, 4) is 10.8 Å². The van der Waals surface area contributed by atoms with Crippen LogP contribution in [0.3, 0.4) is 0 Å². The third kappa shape index (κ3) is 3.87. The van der Waals surface area contributed by atoms with Gasteiger partial charge in [0.15, 0.2) is 16.6 Å². The van der Waals surface area contributed by atoms with Crippen molar-refractivity contribution >= 4 is 23.0 Å². The van der Waals surface area contributed by atoms with Crippen LogP contribution in [0.2, 0.25) is 0 Å². The van der Waals surface area contributed by atoms with Crippen LogP contribution < -0.4 is 5.32 Å². The maximum atomic E-state index is 13.8. The fourth-order valence-corrected chi connectivity index (χ4v) is 3.38. The van der Waals surface area contributed by atoms with Gasteiger partial charge in [0.05, 0.1) is 18.4 Å². The van der Waals surface area contributed by atoms with E-state index in [1.165, 1.54) is 17.6 Å². The van der Waals surface area contributed by atoms with Gasteiger partial charge in [-0.05, 0) is 18.2 Å². The molecule has 0 aliphatic rings. The molecule has 3 heterocycles. The molecular formula is C19H11F3N4O3S. The number of H-pyrrole nitrogens is 1. The number of carbonyl (C=O) groups excluding carboxylic acids is 2. The summed E-state index contributed by atoms with van der Waals surface area (Å²) < 4.78 is 45.9. The largest absolute Gasteiger partial charge is 0.462 e. The van der Waals surface area contributed by atoms with Gasteiger partial charge in [0.25, 0.3) is 5.91 Å². The lowest BCUT2D eigenvalue weighted by atomic mass is 10.0. The molecule has 0 saturated carbocycles. The molecule has 0 spiro atoms. The molecule has 30 heavy (non-hydrogen) atoms. The molecule has 0 atom stereocenters. The van der Waals surface area contributed by atoms with Crippen molar-refractivity contribution in [3.05, 3.63) is 82.1 Å². The van der Waals surface area contributed by atoms with Crippen LogP contribution >= 0.6 is 11.3 Å². The molecule has 1 amide bonds. The fourth-order valence-electron chi connectivity index (χ4n) is 2.64. The second kappa shape index (κ2) is 7.95. The van der Waals surface area contributed by atoms with Crippen molar-refractivity contribution in [2.24, 2.45) is 0 Å². The van der Waals surface area contributed by atoms with Gasteiger partial charge in [-0.3, -0.25) is 9.59 Å². The summed E-state index contributed by atoms with van der Waals surface area (Å²) in [6.07, 6.45) is 2.64. The number of nitrogens with one attached hydrogen (secondary N) is 2. The predicted molar refractivity (Wildman–Crippen MR) is 99.3 cm³/mol. The van der Waals surface area contributed by atoms with Crippen LogP contribution in [0.15, 0.2) is 47.2 Å². The fraction of sp³-hybridized carbons (Fsp3) is 0.0526. The Hall–Kier alpha value is -3.73. The summed E-state index contributed by atoms with van der Waals surface area (Å²) in [6.45, 7) is 0.0702. The number of carbonyl (C=O) groups is 2. The Bertz CT molecular complexity index is 1210. The number of amides is 1. The number of ketones is 1. The van der Waals surface area contributed by atoms with E-state index in [-0.39, 0.29) is 17.8 Å². The Morgan fingerprint density at radius 1 is 1.13 bits per heavy atom. The zero-order valence-electron chi connectivity index (χ0n) is 14.9. The quantitative estimate of drug-likeness (QED) is 0.453. The van der Waals surface area contributed by atoms with E-state index in [0.29, 0.717) is 27.9 Å². The third-order valence-corrected chi connectivity index (χ3v) is 4.96. The summed E-state index contributed by atoms with van der Waals surface area (Å²) in [5.74, 6) is -4.82. The maximum Gasteiger partial charge on any atom is 0.268 e. The Morgan fingerprint density at radius 3 is 2.60 bits per heavy atom. The molecule has 0 unspecified atom stereocenters. The highest BCUT2D eigenvalue weighted by Gasteiger charge is 2.22. The summed E-state index contributed by atoms with van der Waals surface area (Å²) in [5.41, 5.74) is -1.06. The molecule has 0 bridgehead atoms. The number of halogens is 3. The van der Waals surface area contributed by atoms with Gasteiger partial charge in [-0.2, -0.15) is 0 Å².